The van der Waals surface area contributed by atoms with Gasteiger partial charge in [-0.15, -0.1) is 0 Å². The minimum Gasteiger partial charge on any atom is -0.480 e. The van der Waals surface area contributed by atoms with Crippen molar-refractivity contribution in [3.63, 3.8) is 0 Å². The van der Waals surface area contributed by atoms with Crippen LogP contribution in [0.1, 0.15) is 6.92 Å². The minimum atomic E-state index is -1.05. The number of carbonyl (C=O) groups is 2. The molecule has 17 heavy (non-hydrogen) atoms. The van der Waals surface area contributed by atoms with Crippen molar-refractivity contribution in [3.8, 4) is 0 Å². The largest absolute Gasteiger partial charge is 0.480 e. The summed E-state index contributed by atoms with van der Waals surface area (Å²) in [6, 6.07) is 6.20. The Morgan fingerprint density at radius 3 is 2.71 bits per heavy atom. The molecular formula is C11H13ClN2O3. The van der Waals surface area contributed by atoms with Crippen LogP contribution in [-0.2, 0) is 4.79 Å². The zero-order chi connectivity index (χ0) is 12.8. The Morgan fingerprint density at radius 2 is 2.18 bits per heavy atom. The first-order chi connectivity index (χ1) is 8.02. The number of hydrogen-bond acceptors (Lipinski definition) is 2. The summed E-state index contributed by atoms with van der Waals surface area (Å²) < 4.78 is 0. The first kappa shape index (κ1) is 13.3. The van der Waals surface area contributed by atoms with E-state index < -0.39 is 12.0 Å². The van der Waals surface area contributed by atoms with E-state index in [4.69, 9.17) is 16.7 Å². The topological polar surface area (TPSA) is 69.6 Å². The summed E-state index contributed by atoms with van der Waals surface area (Å²) in [5.41, 5.74) is 0.534. The van der Waals surface area contributed by atoms with Gasteiger partial charge in [-0.2, -0.15) is 0 Å². The van der Waals surface area contributed by atoms with E-state index in [9.17, 15) is 9.59 Å². The van der Waals surface area contributed by atoms with E-state index in [1.54, 1.807) is 31.2 Å². The Balaban J connectivity index is 2.67. The van der Waals surface area contributed by atoms with Gasteiger partial charge in [0.15, 0.2) is 0 Å². The number of amides is 2. The van der Waals surface area contributed by atoms with Crippen LogP contribution in [0.25, 0.3) is 0 Å². The average molecular weight is 257 g/mol. The summed E-state index contributed by atoms with van der Waals surface area (Å²) >= 11 is 5.77. The molecule has 0 saturated carbocycles. The first-order valence-electron chi connectivity index (χ1n) is 5.06. The number of urea groups is 1. The highest BCUT2D eigenvalue weighted by Gasteiger charge is 2.14. The predicted octanol–water partition coefficient (Wildman–Crippen LogP) is 2.28. The van der Waals surface area contributed by atoms with Crippen molar-refractivity contribution >= 4 is 29.3 Å². The highest BCUT2D eigenvalue weighted by Crippen LogP contribution is 2.15. The molecule has 0 heterocycles. The van der Waals surface area contributed by atoms with Crippen LogP contribution in [-0.4, -0.2) is 35.1 Å². The normalized spacial score (nSPS) is 9.76. The van der Waals surface area contributed by atoms with Gasteiger partial charge in [0, 0.05) is 17.3 Å². The number of rotatable bonds is 4. The molecule has 1 rings (SSSR count). The Morgan fingerprint density at radius 1 is 1.47 bits per heavy atom. The maximum absolute atomic E-state index is 11.7. The standard InChI is InChI=1S/C11H13ClN2O3/c1-2-14(7-10(15)16)11(17)13-9-5-3-4-8(12)6-9/h3-6H,2,7H2,1H3,(H,13,17)(H,15,16). The number of hydrogen-bond donors (Lipinski definition) is 2. The number of aliphatic carboxylic acids is 1. The second-order valence-electron chi connectivity index (χ2n) is 3.35. The second-order valence-corrected chi connectivity index (χ2v) is 3.78. The van der Waals surface area contributed by atoms with E-state index >= 15 is 0 Å². The van der Waals surface area contributed by atoms with Gasteiger partial charge >= 0.3 is 12.0 Å². The third-order valence-corrected chi connectivity index (χ3v) is 2.31. The molecule has 5 nitrogen and oxygen atoms in total. The van der Waals surface area contributed by atoms with Crippen LogP contribution < -0.4 is 5.32 Å². The van der Waals surface area contributed by atoms with E-state index in [0.717, 1.165) is 0 Å². The van der Waals surface area contributed by atoms with Crippen LogP contribution >= 0.6 is 11.6 Å². The number of carboxylic acids is 1. The molecular weight excluding hydrogens is 244 g/mol. The molecule has 0 spiro atoms. The van der Waals surface area contributed by atoms with E-state index in [1.165, 1.54) is 4.90 Å². The fourth-order valence-corrected chi connectivity index (χ4v) is 1.45. The summed E-state index contributed by atoms with van der Waals surface area (Å²) in [4.78, 5) is 23.4. The van der Waals surface area contributed by atoms with Gasteiger partial charge in [0.05, 0.1) is 0 Å². The molecule has 0 unspecified atom stereocenters. The number of carboxylic acid groups (broad SMARTS) is 1. The lowest BCUT2D eigenvalue weighted by Crippen LogP contribution is -2.38. The lowest BCUT2D eigenvalue weighted by molar-refractivity contribution is -0.137. The molecule has 0 aromatic heterocycles. The summed E-state index contributed by atoms with van der Waals surface area (Å²) in [7, 11) is 0. The fourth-order valence-electron chi connectivity index (χ4n) is 1.26. The van der Waals surface area contributed by atoms with Crippen molar-refractivity contribution in [2.75, 3.05) is 18.4 Å². The third-order valence-electron chi connectivity index (χ3n) is 2.07. The first-order valence-corrected chi connectivity index (χ1v) is 5.44. The molecule has 1 aromatic rings. The van der Waals surface area contributed by atoms with Crippen molar-refractivity contribution in [2.45, 2.75) is 6.92 Å². The summed E-state index contributed by atoms with van der Waals surface area (Å²) in [5.74, 6) is -1.05. The fraction of sp³-hybridized carbons (Fsp3) is 0.273. The van der Waals surface area contributed by atoms with Crippen LogP contribution in [0.4, 0.5) is 10.5 Å². The quantitative estimate of drug-likeness (QED) is 0.868. The van der Waals surface area contributed by atoms with E-state index in [1.807, 2.05) is 0 Å². The molecule has 0 aliphatic carbocycles. The van der Waals surface area contributed by atoms with Gasteiger partial charge in [0.1, 0.15) is 6.54 Å². The van der Waals surface area contributed by atoms with Crippen molar-refractivity contribution in [1.29, 1.82) is 0 Å². The Bertz CT molecular complexity index is 423. The number of nitrogens with one attached hydrogen (secondary N) is 1. The Hall–Kier alpha value is -1.75. The number of benzene rings is 1. The zero-order valence-corrected chi connectivity index (χ0v) is 10.1. The van der Waals surface area contributed by atoms with Gasteiger partial charge in [-0.25, -0.2) is 4.79 Å². The van der Waals surface area contributed by atoms with Crippen molar-refractivity contribution < 1.29 is 14.7 Å². The van der Waals surface area contributed by atoms with Crippen LogP contribution in [0.2, 0.25) is 5.02 Å². The predicted molar refractivity (Wildman–Crippen MR) is 65.4 cm³/mol. The molecule has 0 fully saturated rings. The Kier molecular flexibility index (Phi) is 4.78. The van der Waals surface area contributed by atoms with Crippen molar-refractivity contribution in [1.82, 2.24) is 4.90 Å². The molecule has 92 valence electrons. The van der Waals surface area contributed by atoms with Crippen molar-refractivity contribution in [3.05, 3.63) is 29.3 Å². The molecule has 0 saturated heterocycles. The van der Waals surface area contributed by atoms with E-state index in [0.29, 0.717) is 17.3 Å². The van der Waals surface area contributed by atoms with E-state index in [-0.39, 0.29) is 6.54 Å². The molecule has 0 aliphatic heterocycles. The van der Waals surface area contributed by atoms with Crippen molar-refractivity contribution in [2.24, 2.45) is 0 Å². The maximum atomic E-state index is 11.7. The number of nitrogens with zero attached hydrogens (tertiary/aromatic N) is 1. The molecule has 1 aromatic carbocycles. The molecule has 0 atom stereocenters. The number of halogens is 1. The molecule has 2 N–H and O–H groups in total. The SMILES string of the molecule is CCN(CC(=O)O)C(=O)Nc1cccc(Cl)c1. The summed E-state index contributed by atoms with van der Waals surface area (Å²) in [6.45, 7) is 1.70. The summed E-state index contributed by atoms with van der Waals surface area (Å²) in [6.07, 6.45) is 0. The molecule has 0 aliphatic rings. The minimum absolute atomic E-state index is 0.318. The van der Waals surface area contributed by atoms with Gasteiger partial charge < -0.3 is 15.3 Å². The smallest absolute Gasteiger partial charge is 0.323 e. The number of anilines is 1. The lowest BCUT2D eigenvalue weighted by atomic mass is 10.3. The highest BCUT2D eigenvalue weighted by molar-refractivity contribution is 6.30. The van der Waals surface area contributed by atoms with Crippen LogP contribution in [0.3, 0.4) is 0 Å². The maximum Gasteiger partial charge on any atom is 0.323 e. The highest BCUT2D eigenvalue weighted by atomic mass is 35.5. The molecule has 6 heteroatoms. The van der Waals surface area contributed by atoms with Gasteiger partial charge in [-0.05, 0) is 25.1 Å². The molecule has 0 radical (unpaired) electrons. The zero-order valence-electron chi connectivity index (χ0n) is 9.31. The molecule has 0 bridgehead atoms. The van der Waals surface area contributed by atoms with Gasteiger partial charge in [-0.1, -0.05) is 17.7 Å². The van der Waals surface area contributed by atoms with Crippen LogP contribution in [0, 0.1) is 0 Å². The van der Waals surface area contributed by atoms with E-state index in [2.05, 4.69) is 5.32 Å². The van der Waals surface area contributed by atoms with Gasteiger partial charge in [0.2, 0.25) is 0 Å². The summed E-state index contributed by atoms with van der Waals surface area (Å²) in [5, 5.41) is 11.7. The monoisotopic (exact) mass is 256 g/mol. The van der Waals surface area contributed by atoms with Crippen LogP contribution in [0.5, 0.6) is 0 Å². The van der Waals surface area contributed by atoms with Gasteiger partial charge in [-0.3, -0.25) is 4.79 Å². The molecule has 2 amide bonds. The average Bonchev–Trinajstić information content (AvgIpc) is 2.25. The van der Waals surface area contributed by atoms with Crippen LogP contribution in [0.15, 0.2) is 24.3 Å². The van der Waals surface area contributed by atoms with Gasteiger partial charge in [0.25, 0.3) is 0 Å². The number of likely N-dealkylation sites (N-methyl/N-ethyl adjacent to an activating group) is 1. The second kappa shape index (κ2) is 6.10. The lowest BCUT2D eigenvalue weighted by Gasteiger charge is -2.19. The Labute approximate surface area is 104 Å². The third kappa shape index (κ3) is 4.32. The number of carbonyl (C=O) groups excluding carboxylic acids is 1.